The summed E-state index contributed by atoms with van der Waals surface area (Å²) in [6, 6.07) is 9.75. The summed E-state index contributed by atoms with van der Waals surface area (Å²) in [5, 5.41) is 11.6. The van der Waals surface area contributed by atoms with E-state index < -0.39 is 17.6 Å². The van der Waals surface area contributed by atoms with Crippen molar-refractivity contribution >= 4 is 35.0 Å². The molecule has 1 N–H and O–H groups in total. The second-order valence-electron chi connectivity index (χ2n) is 6.57. The molecular weight excluding hydrogens is 453 g/mol. The standard InChI is InChI=1S/C20H18ClF3N4O2S/c1-12-8-14(21)6-7-16(12)30-10-17-26-27-19(28(17)2)31-11-18(29)25-15-5-3-4-13(9-15)20(22,23)24/h3-9H,10-11H2,1-2H3,(H,25,29). The molecule has 6 nitrogen and oxygen atoms in total. The number of alkyl halides is 3. The lowest BCUT2D eigenvalue weighted by atomic mass is 10.2. The first-order chi connectivity index (χ1) is 14.6. The number of rotatable bonds is 7. The lowest BCUT2D eigenvalue weighted by Gasteiger charge is -2.10. The van der Waals surface area contributed by atoms with Crippen LogP contribution in [-0.4, -0.2) is 26.4 Å². The molecule has 164 valence electrons. The van der Waals surface area contributed by atoms with Crippen LogP contribution in [0.15, 0.2) is 47.6 Å². The number of anilines is 1. The van der Waals surface area contributed by atoms with Gasteiger partial charge in [0.15, 0.2) is 11.0 Å². The van der Waals surface area contributed by atoms with Gasteiger partial charge in [0.1, 0.15) is 12.4 Å². The zero-order valence-corrected chi connectivity index (χ0v) is 18.1. The van der Waals surface area contributed by atoms with E-state index in [0.29, 0.717) is 21.8 Å². The van der Waals surface area contributed by atoms with Crippen LogP contribution in [0, 0.1) is 6.92 Å². The average Bonchev–Trinajstić information content (AvgIpc) is 3.05. The quantitative estimate of drug-likeness (QED) is 0.486. The largest absolute Gasteiger partial charge is 0.485 e. The van der Waals surface area contributed by atoms with E-state index in [-0.39, 0.29) is 18.0 Å². The van der Waals surface area contributed by atoms with E-state index in [1.54, 1.807) is 29.8 Å². The van der Waals surface area contributed by atoms with Crippen molar-refractivity contribution in [1.29, 1.82) is 0 Å². The molecule has 31 heavy (non-hydrogen) atoms. The van der Waals surface area contributed by atoms with Crippen LogP contribution in [0.5, 0.6) is 5.75 Å². The van der Waals surface area contributed by atoms with Crippen molar-refractivity contribution in [3.05, 3.63) is 64.4 Å². The van der Waals surface area contributed by atoms with E-state index in [2.05, 4.69) is 15.5 Å². The molecule has 3 aromatic rings. The Morgan fingerprint density at radius 3 is 2.71 bits per heavy atom. The van der Waals surface area contributed by atoms with Crippen molar-refractivity contribution in [3.63, 3.8) is 0 Å². The fourth-order valence-electron chi connectivity index (χ4n) is 2.61. The Balaban J connectivity index is 1.55. The van der Waals surface area contributed by atoms with Crippen molar-refractivity contribution in [3.8, 4) is 5.75 Å². The van der Waals surface area contributed by atoms with Gasteiger partial charge in [0, 0.05) is 17.8 Å². The first-order valence-electron chi connectivity index (χ1n) is 9.00. The summed E-state index contributed by atoms with van der Waals surface area (Å²) in [6.07, 6.45) is -4.48. The Hall–Kier alpha value is -2.72. The Morgan fingerprint density at radius 2 is 2.00 bits per heavy atom. The zero-order valence-electron chi connectivity index (χ0n) is 16.5. The number of carbonyl (C=O) groups excluding carboxylic acids is 1. The molecule has 11 heteroatoms. The molecular formula is C20H18ClF3N4O2S. The van der Waals surface area contributed by atoms with Crippen molar-refractivity contribution in [2.24, 2.45) is 7.05 Å². The fraction of sp³-hybridized carbons (Fsp3) is 0.250. The number of hydrogen-bond donors (Lipinski definition) is 1. The highest BCUT2D eigenvalue weighted by Gasteiger charge is 2.30. The molecule has 0 aliphatic rings. The summed E-state index contributed by atoms with van der Waals surface area (Å²) in [6.45, 7) is 2.05. The van der Waals surface area contributed by atoms with Crippen molar-refractivity contribution < 1.29 is 22.7 Å². The van der Waals surface area contributed by atoms with Gasteiger partial charge in [-0.05, 0) is 48.9 Å². The smallest absolute Gasteiger partial charge is 0.416 e. The number of ether oxygens (including phenoxy) is 1. The third-order valence-corrected chi connectivity index (χ3v) is 5.48. The molecule has 3 rings (SSSR count). The second-order valence-corrected chi connectivity index (χ2v) is 7.95. The van der Waals surface area contributed by atoms with E-state index in [0.717, 1.165) is 29.5 Å². The molecule has 1 heterocycles. The first-order valence-corrected chi connectivity index (χ1v) is 10.4. The number of benzene rings is 2. The van der Waals surface area contributed by atoms with E-state index in [4.69, 9.17) is 16.3 Å². The highest BCUT2D eigenvalue weighted by atomic mass is 35.5. The number of nitrogens with zero attached hydrogens (tertiary/aromatic N) is 3. The normalized spacial score (nSPS) is 11.4. The molecule has 1 amide bonds. The maximum absolute atomic E-state index is 12.8. The molecule has 0 aliphatic heterocycles. The third-order valence-electron chi connectivity index (χ3n) is 4.22. The van der Waals surface area contributed by atoms with Gasteiger partial charge < -0.3 is 14.6 Å². The van der Waals surface area contributed by atoms with Crippen LogP contribution < -0.4 is 10.1 Å². The number of aryl methyl sites for hydroxylation is 1. The Kier molecular flexibility index (Phi) is 7.11. The van der Waals surface area contributed by atoms with E-state index in [1.807, 2.05) is 6.92 Å². The molecule has 0 saturated carbocycles. The van der Waals surface area contributed by atoms with E-state index >= 15 is 0 Å². The topological polar surface area (TPSA) is 69.0 Å². The van der Waals surface area contributed by atoms with Gasteiger partial charge in [-0.25, -0.2) is 0 Å². The van der Waals surface area contributed by atoms with Crippen LogP contribution in [-0.2, 0) is 24.6 Å². The maximum atomic E-state index is 12.8. The highest BCUT2D eigenvalue weighted by molar-refractivity contribution is 7.99. The lowest BCUT2D eigenvalue weighted by Crippen LogP contribution is -2.15. The van der Waals surface area contributed by atoms with E-state index in [9.17, 15) is 18.0 Å². The summed E-state index contributed by atoms with van der Waals surface area (Å²) in [5.41, 5.74) is 0.133. The molecule has 0 atom stereocenters. The minimum atomic E-state index is -4.48. The predicted octanol–water partition coefficient (Wildman–Crippen LogP) is 5.11. The number of nitrogens with one attached hydrogen (secondary N) is 1. The predicted molar refractivity (Wildman–Crippen MR) is 112 cm³/mol. The molecule has 0 unspecified atom stereocenters. The number of hydrogen-bond acceptors (Lipinski definition) is 5. The molecule has 1 aromatic heterocycles. The van der Waals surface area contributed by atoms with Gasteiger partial charge in [0.2, 0.25) is 5.91 Å². The van der Waals surface area contributed by atoms with Crippen LogP contribution in [0.4, 0.5) is 18.9 Å². The number of carbonyl (C=O) groups is 1. The van der Waals surface area contributed by atoms with Gasteiger partial charge in [-0.3, -0.25) is 4.79 Å². The fourth-order valence-corrected chi connectivity index (χ4v) is 3.57. The summed E-state index contributed by atoms with van der Waals surface area (Å²) < 4.78 is 45.8. The van der Waals surface area contributed by atoms with Crippen LogP contribution in [0.2, 0.25) is 5.02 Å². The first kappa shape index (κ1) is 23.0. The molecule has 0 bridgehead atoms. The summed E-state index contributed by atoms with van der Waals surface area (Å²) in [4.78, 5) is 12.1. The van der Waals surface area contributed by atoms with Crippen LogP contribution in [0.3, 0.4) is 0 Å². The SMILES string of the molecule is Cc1cc(Cl)ccc1OCc1nnc(SCC(=O)Nc2cccc(C(F)(F)F)c2)n1C. The Labute approximate surface area is 185 Å². The molecule has 0 aliphatic carbocycles. The number of aromatic nitrogens is 3. The number of halogens is 4. The summed E-state index contributed by atoms with van der Waals surface area (Å²) >= 11 is 7.05. The van der Waals surface area contributed by atoms with Gasteiger partial charge in [-0.2, -0.15) is 13.2 Å². The second kappa shape index (κ2) is 9.61. The van der Waals surface area contributed by atoms with Crippen LogP contribution in [0.1, 0.15) is 17.0 Å². The monoisotopic (exact) mass is 470 g/mol. The van der Waals surface area contributed by atoms with Crippen molar-refractivity contribution in [2.75, 3.05) is 11.1 Å². The number of thioether (sulfide) groups is 1. The lowest BCUT2D eigenvalue weighted by molar-refractivity contribution is -0.137. The van der Waals surface area contributed by atoms with Gasteiger partial charge in [0.05, 0.1) is 11.3 Å². The van der Waals surface area contributed by atoms with Gasteiger partial charge in [-0.1, -0.05) is 29.4 Å². The maximum Gasteiger partial charge on any atom is 0.416 e. The molecule has 0 fully saturated rings. The van der Waals surface area contributed by atoms with Crippen LogP contribution in [0.25, 0.3) is 0 Å². The highest BCUT2D eigenvalue weighted by Crippen LogP contribution is 2.30. The minimum absolute atomic E-state index is 0.0423. The van der Waals surface area contributed by atoms with Crippen molar-refractivity contribution in [2.45, 2.75) is 24.9 Å². The van der Waals surface area contributed by atoms with Crippen LogP contribution >= 0.6 is 23.4 Å². The zero-order chi connectivity index (χ0) is 22.6. The number of amides is 1. The Bertz CT molecular complexity index is 1090. The average molecular weight is 471 g/mol. The minimum Gasteiger partial charge on any atom is -0.485 e. The summed E-state index contributed by atoms with van der Waals surface area (Å²) in [7, 11) is 1.74. The molecule has 0 saturated heterocycles. The third kappa shape index (κ3) is 6.14. The molecule has 0 radical (unpaired) electrons. The van der Waals surface area contributed by atoms with E-state index in [1.165, 1.54) is 12.1 Å². The van der Waals surface area contributed by atoms with Gasteiger partial charge >= 0.3 is 6.18 Å². The molecule has 0 spiro atoms. The Morgan fingerprint density at radius 1 is 1.23 bits per heavy atom. The summed E-state index contributed by atoms with van der Waals surface area (Å²) in [5.74, 6) is 0.721. The van der Waals surface area contributed by atoms with Gasteiger partial charge in [-0.15, -0.1) is 10.2 Å². The van der Waals surface area contributed by atoms with Crippen molar-refractivity contribution in [1.82, 2.24) is 14.8 Å². The molecule has 2 aromatic carbocycles. The van der Waals surface area contributed by atoms with Gasteiger partial charge in [0.25, 0.3) is 0 Å².